The van der Waals surface area contributed by atoms with Gasteiger partial charge in [0.25, 0.3) is 0 Å². The standard InChI is InChI=1S/C50H30O/c1-3-14-31(15-4-1)45-39-21-7-8-22-40(39)46(32-16-5-2-6-17-32)49-43-29-28-35(38-24-13-26-42(47(38)43)48(45)49)33-18-11-19-34(30-33)36-23-12-25-41-37-20-9-10-27-44(37)51-50(36)41/h1-30H. The Morgan fingerprint density at radius 3 is 1.43 bits per heavy atom. The highest BCUT2D eigenvalue weighted by atomic mass is 16.3. The fraction of sp³-hybridized carbons (Fsp3) is 0. The molecule has 1 aliphatic rings. The van der Waals surface area contributed by atoms with E-state index >= 15 is 0 Å². The van der Waals surface area contributed by atoms with Gasteiger partial charge in [0.1, 0.15) is 11.2 Å². The van der Waals surface area contributed by atoms with Crippen molar-refractivity contribution in [3.05, 3.63) is 182 Å². The molecule has 0 bridgehead atoms. The number of benzene rings is 9. The van der Waals surface area contributed by atoms with E-state index in [0.717, 1.165) is 33.1 Å². The van der Waals surface area contributed by atoms with Crippen molar-refractivity contribution in [2.45, 2.75) is 0 Å². The summed E-state index contributed by atoms with van der Waals surface area (Å²) in [5, 5.41) is 7.43. The molecule has 0 N–H and O–H groups in total. The van der Waals surface area contributed by atoms with Gasteiger partial charge in [0, 0.05) is 16.3 Å². The van der Waals surface area contributed by atoms with Crippen LogP contribution in [-0.2, 0) is 0 Å². The van der Waals surface area contributed by atoms with Crippen molar-refractivity contribution in [2.75, 3.05) is 0 Å². The maximum Gasteiger partial charge on any atom is 0.143 e. The molecule has 1 nitrogen and oxygen atoms in total. The molecule has 0 fully saturated rings. The van der Waals surface area contributed by atoms with E-state index in [-0.39, 0.29) is 0 Å². The Labute approximate surface area is 295 Å². The number of fused-ring (bicyclic) bond motifs is 7. The molecule has 0 amide bonds. The third-order valence-electron chi connectivity index (χ3n) is 10.8. The van der Waals surface area contributed by atoms with Crippen LogP contribution < -0.4 is 0 Å². The van der Waals surface area contributed by atoms with Gasteiger partial charge in [-0.1, -0.05) is 170 Å². The molecule has 51 heavy (non-hydrogen) atoms. The van der Waals surface area contributed by atoms with Crippen LogP contribution in [0.1, 0.15) is 0 Å². The lowest BCUT2D eigenvalue weighted by Gasteiger charge is -2.20. The highest BCUT2D eigenvalue weighted by Crippen LogP contribution is 2.58. The minimum atomic E-state index is 0.917. The summed E-state index contributed by atoms with van der Waals surface area (Å²) in [6.07, 6.45) is 0. The van der Waals surface area contributed by atoms with Gasteiger partial charge < -0.3 is 4.42 Å². The predicted octanol–water partition coefficient (Wildman–Crippen LogP) is 14.2. The molecule has 1 heterocycles. The molecule has 236 valence electrons. The van der Waals surface area contributed by atoms with E-state index in [4.69, 9.17) is 4.42 Å². The fourth-order valence-corrected chi connectivity index (χ4v) is 8.69. The van der Waals surface area contributed by atoms with E-state index < -0.39 is 0 Å². The Morgan fingerprint density at radius 1 is 0.275 bits per heavy atom. The summed E-state index contributed by atoms with van der Waals surface area (Å²) in [6.45, 7) is 0. The smallest absolute Gasteiger partial charge is 0.143 e. The molecule has 0 spiro atoms. The van der Waals surface area contributed by atoms with Gasteiger partial charge in [0.05, 0.1) is 0 Å². The zero-order chi connectivity index (χ0) is 33.5. The summed E-state index contributed by atoms with van der Waals surface area (Å²) < 4.78 is 6.46. The number of furan rings is 1. The van der Waals surface area contributed by atoms with Crippen LogP contribution in [0.3, 0.4) is 0 Å². The molecule has 1 aliphatic carbocycles. The molecule has 11 rings (SSSR count). The molecule has 0 saturated heterocycles. The second kappa shape index (κ2) is 10.9. The van der Waals surface area contributed by atoms with E-state index in [0.29, 0.717) is 0 Å². The van der Waals surface area contributed by atoms with Gasteiger partial charge in [-0.3, -0.25) is 0 Å². The van der Waals surface area contributed by atoms with Crippen molar-refractivity contribution >= 4 is 43.5 Å². The van der Waals surface area contributed by atoms with Crippen LogP contribution in [0, 0.1) is 0 Å². The van der Waals surface area contributed by atoms with Crippen molar-refractivity contribution < 1.29 is 4.42 Å². The van der Waals surface area contributed by atoms with E-state index in [1.54, 1.807) is 0 Å². The number of hydrogen-bond acceptors (Lipinski definition) is 1. The Kier molecular flexibility index (Phi) is 6.02. The van der Waals surface area contributed by atoms with Gasteiger partial charge in [-0.15, -0.1) is 0 Å². The van der Waals surface area contributed by atoms with Gasteiger partial charge in [0.2, 0.25) is 0 Å². The molecular formula is C50H30O. The van der Waals surface area contributed by atoms with Crippen LogP contribution in [-0.4, -0.2) is 0 Å². The molecule has 0 unspecified atom stereocenters. The summed E-state index contributed by atoms with van der Waals surface area (Å²) in [7, 11) is 0. The Balaban J connectivity index is 1.18. The third-order valence-corrected chi connectivity index (χ3v) is 10.8. The van der Waals surface area contributed by atoms with Crippen molar-refractivity contribution in [1.29, 1.82) is 0 Å². The average molecular weight is 647 g/mol. The van der Waals surface area contributed by atoms with Gasteiger partial charge in [-0.25, -0.2) is 0 Å². The first kappa shape index (κ1) is 28.2. The van der Waals surface area contributed by atoms with Crippen molar-refractivity contribution in [1.82, 2.24) is 0 Å². The highest BCUT2D eigenvalue weighted by molar-refractivity contribution is 6.28. The maximum atomic E-state index is 6.46. The van der Waals surface area contributed by atoms with Gasteiger partial charge in [-0.05, 0) is 94.9 Å². The van der Waals surface area contributed by atoms with Crippen molar-refractivity contribution in [2.24, 2.45) is 0 Å². The molecule has 0 radical (unpaired) electrons. The Morgan fingerprint density at radius 2 is 0.745 bits per heavy atom. The van der Waals surface area contributed by atoms with Crippen LogP contribution >= 0.6 is 0 Å². The quantitative estimate of drug-likeness (QED) is 0.185. The zero-order valence-electron chi connectivity index (χ0n) is 27.7. The average Bonchev–Trinajstić information content (AvgIpc) is 3.75. The lowest BCUT2D eigenvalue weighted by atomic mass is 9.82. The number of rotatable bonds is 4. The molecule has 9 aromatic carbocycles. The maximum absolute atomic E-state index is 6.46. The van der Waals surface area contributed by atoms with Gasteiger partial charge >= 0.3 is 0 Å². The molecule has 1 aromatic heterocycles. The van der Waals surface area contributed by atoms with Gasteiger partial charge in [-0.2, -0.15) is 0 Å². The minimum absolute atomic E-state index is 0.917. The lowest BCUT2D eigenvalue weighted by Crippen LogP contribution is -1.93. The third kappa shape index (κ3) is 4.09. The summed E-state index contributed by atoms with van der Waals surface area (Å²) >= 11 is 0. The molecule has 0 aliphatic heterocycles. The molecule has 0 atom stereocenters. The SMILES string of the molecule is c1ccc(-c2c3c(c(-c4ccccc4)c4ccccc24)-c2ccc(-c4cccc(-c5cccc6c5oc5ccccc56)c4)c4cccc-3c24)cc1. The summed E-state index contributed by atoms with van der Waals surface area (Å²) in [6, 6.07) is 66.1. The first-order valence-corrected chi connectivity index (χ1v) is 17.6. The summed E-state index contributed by atoms with van der Waals surface area (Å²) in [4.78, 5) is 0. The van der Waals surface area contributed by atoms with Crippen molar-refractivity contribution in [3.63, 3.8) is 0 Å². The normalized spacial score (nSPS) is 11.9. The lowest BCUT2D eigenvalue weighted by molar-refractivity contribution is 0.670. The molecular weight excluding hydrogens is 617 g/mol. The highest BCUT2D eigenvalue weighted by Gasteiger charge is 2.31. The summed E-state index contributed by atoms with van der Waals surface area (Å²) in [5.41, 5.74) is 16.8. The molecule has 1 heteroatoms. The van der Waals surface area contributed by atoms with Gasteiger partial charge in [0.15, 0.2) is 0 Å². The van der Waals surface area contributed by atoms with Crippen LogP contribution in [0.15, 0.2) is 186 Å². The molecule has 10 aromatic rings. The van der Waals surface area contributed by atoms with Crippen molar-refractivity contribution in [3.8, 4) is 66.8 Å². The minimum Gasteiger partial charge on any atom is -0.455 e. The molecule has 0 saturated carbocycles. The zero-order valence-corrected chi connectivity index (χ0v) is 27.7. The summed E-state index contributed by atoms with van der Waals surface area (Å²) in [5.74, 6) is 0. The predicted molar refractivity (Wildman–Crippen MR) is 215 cm³/mol. The van der Waals surface area contributed by atoms with E-state index in [1.807, 2.05) is 6.07 Å². The van der Waals surface area contributed by atoms with Crippen LogP contribution in [0.4, 0.5) is 0 Å². The second-order valence-electron chi connectivity index (χ2n) is 13.5. The Bertz CT molecular complexity index is 2910. The topological polar surface area (TPSA) is 13.1 Å². The van der Waals surface area contributed by atoms with E-state index in [9.17, 15) is 0 Å². The van der Waals surface area contributed by atoms with Crippen LogP contribution in [0.2, 0.25) is 0 Å². The first-order valence-electron chi connectivity index (χ1n) is 17.6. The fourth-order valence-electron chi connectivity index (χ4n) is 8.69. The van der Waals surface area contributed by atoms with Crippen LogP contribution in [0.5, 0.6) is 0 Å². The second-order valence-corrected chi connectivity index (χ2v) is 13.5. The monoisotopic (exact) mass is 646 g/mol. The number of para-hydroxylation sites is 2. The first-order chi connectivity index (χ1) is 25.3. The number of hydrogen-bond donors (Lipinski definition) is 0. The Hall–Kier alpha value is -6.70. The largest absolute Gasteiger partial charge is 0.455 e. The van der Waals surface area contributed by atoms with E-state index in [1.165, 1.54) is 77.2 Å². The van der Waals surface area contributed by atoms with E-state index in [2.05, 4.69) is 176 Å². The van der Waals surface area contributed by atoms with Crippen LogP contribution in [0.25, 0.3) is 110 Å².